The van der Waals surface area contributed by atoms with Gasteiger partial charge in [0, 0.05) is 46.3 Å². The van der Waals surface area contributed by atoms with E-state index in [-0.39, 0.29) is 68.3 Å². The van der Waals surface area contributed by atoms with Crippen LogP contribution < -0.4 is 27.2 Å². The molecule has 5 rings (SSSR count). The van der Waals surface area contributed by atoms with E-state index in [9.17, 15) is 19.1 Å². The van der Waals surface area contributed by atoms with E-state index in [0.29, 0.717) is 21.8 Å². The Balaban J connectivity index is 0.00000374. The number of carbonyl (C=O) groups is 2. The Morgan fingerprint density at radius 1 is 1.14 bits per heavy atom. The fourth-order valence-electron chi connectivity index (χ4n) is 5.56. The number of hydrogen-bond acceptors (Lipinski definition) is 12. The fraction of sp³-hybridized carbons (Fsp3) is 0.324. The van der Waals surface area contributed by atoms with E-state index in [1.807, 2.05) is 0 Å². The smallest absolute Gasteiger partial charge is 0.417 e. The van der Waals surface area contributed by atoms with Crippen LogP contribution in [0.5, 0.6) is 0 Å². The third-order valence-electron chi connectivity index (χ3n) is 8.56. The number of carbonyl (C=O) groups excluding carboxylic acids is 2. The SMILES string of the molecule is CNCC(=O)OCc1cccnc1N(C)C(=O)OC(C)OC(C)[n+]1cnn(C[C@](O)(c2cc(F)ccc2F)[C@@H](C)c2nc(-c3ccc(C#N)cc3)cs2)c1.Cl.Cl.[Cl-]. The molecule has 1 amide bonds. The summed E-state index contributed by atoms with van der Waals surface area (Å²) in [5.74, 6) is -2.61. The summed E-state index contributed by atoms with van der Waals surface area (Å²) in [4.78, 5) is 35.0. The second-order valence-corrected chi connectivity index (χ2v) is 13.2. The standard InChI is InChI=1S/C37H39F2N8O6S.3ClH/c1-23(35-44-32(19-54-35)27-10-8-26(16-40)9-11-27)37(50,30-15-29(38)12-13-31(30)39)20-47-22-46(21-43-47)24(2)52-25(3)53-36(49)45(5)34-28(7-6-14-42-34)18-51-33(48)17-41-4;;;/h6-15,19,21-25,41,50H,17-18,20H2,1-5H3;3*1H/q+1;;;/p-1/t23-,24?,25?,37+;;;/m0.../s1. The summed E-state index contributed by atoms with van der Waals surface area (Å²) in [7, 11) is 3.08. The molecule has 2 N–H and O–H groups in total. The Kier molecular flexibility index (Phi) is 18.4. The number of aliphatic hydroxyl groups is 1. The average Bonchev–Trinajstić information content (AvgIpc) is 3.85. The van der Waals surface area contributed by atoms with Crippen molar-refractivity contribution in [3.05, 3.63) is 112 Å². The maximum Gasteiger partial charge on any atom is 0.417 e. The van der Waals surface area contributed by atoms with Gasteiger partial charge in [-0.05, 0) is 57.3 Å². The lowest BCUT2D eigenvalue weighted by Crippen LogP contribution is -3.00. The molecule has 3 aromatic heterocycles. The number of likely N-dealkylation sites (N-methyl/N-ethyl adjacent to an activating group) is 1. The van der Waals surface area contributed by atoms with Crippen LogP contribution in [0.1, 0.15) is 54.6 Å². The average molecular weight is 870 g/mol. The number of aromatic nitrogens is 5. The molecule has 0 saturated carbocycles. The van der Waals surface area contributed by atoms with Crippen LogP contribution in [0.3, 0.4) is 0 Å². The molecule has 14 nitrogen and oxygen atoms in total. The highest BCUT2D eigenvalue weighted by atomic mass is 35.5. The van der Waals surface area contributed by atoms with Crippen molar-refractivity contribution in [2.24, 2.45) is 0 Å². The molecule has 3 heterocycles. The van der Waals surface area contributed by atoms with E-state index in [0.717, 1.165) is 23.8 Å². The van der Waals surface area contributed by atoms with E-state index in [4.69, 9.17) is 24.5 Å². The van der Waals surface area contributed by atoms with Gasteiger partial charge in [0.1, 0.15) is 36.2 Å². The van der Waals surface area contributed by atoms with Crippen molar-refractivity contribution in [2.45, 2.75) is 58.0 Å². The molecular weight excluding hydrogens is 829 g/mol. The molecule has 0 aliphatic carbocycles. The van der Waals surface area contributed by atoms with Gasteiger partial charge >= 0.3 is 12.1 Å². The number of esters is 1. The Labute approximate surface area is 350 Å². The predicted octanol–water partition coefficient (Wildman–Crippen LogP) is 2.79. The number of thiazole rings is 1. The van der Waals surface area contributed by atoms with Gasteiger partial charge in [-0.15, -0.1) is 40.8 Å². The van der Waals surface area contributed by atoms with Gasteiger partial charge in [0.15, 0.2) is 6.23 Å². The summed E-state index contributed by atoms with van der Waals surface area (Å²) in [6.45, 7) is 4.50. The zero-order valence-electron chi connectivity index (χ0n) is 31.3. The zero-order valence-corrected chi connectivity index (χ0v) is 34.5. The molecule has 20 heteroatoms. The number of anilines is 1. The number of nitrogens with zero attached hydrogens (tertiary/aromatic N) is 7. The van der Waals surface area contributed by atoms with Gasteiger partial charge in [0.25, 0.3) is 6.33 Å². The van der Waals surface area contributed by atoms with E-state index in [1.54, 1.807) is 67.2 Å². The van der Waals surface area contributed by atoms with Gasteiger partial charge in [-0.2, -0.15) is 5.26 Å². The van der Waals surface area contributed by atoms with Gasteiger partial charge < -0.3 is 37.0 Å². The molecule has 57 heavy (non-hydrogen) atoms. The first kappa shape index (κ1) is 48.3. The molecule has 2 unspecified atom stereocenters. The number of halogens is 5. The van der Waals surface area contributed by atoms with Gasteiger partial charge in [-0.1, -0.05) is 25.1 Å². The molecule has 2 aromatic carbocycles. The van der Waals surface area contributed by atoms with E-state index in [1.165, 1.54) is 53.7 Å². The molecule has 306 valence electrons. The third-order valence-corrected chi connectivity index (χ3v) is 9.59. The highest BCUT2D eigenvalue weighted by molar-refractivity contribution is 7.10. The number of benzene rings is 2. The molecule has 0 fully saturated rings. The van der Waals surface area contributed by atoms with E-state index >= 15 is 4.39 Å². The number of amides is 1. The highest BCUT2D eigenvalue weighted by Gasteiger charge is 2.43. The molecule has 0 aliphatic rings. The van der Waals surface area contributed by atoms with Gasteiger partial charge in [0.05, 0.1) is 28.9 Å². The lowest BCUT2D eigenvalue weighted by atomic mass is 9.82. The summed E-state index contributed by atoms with van der Waals surface area (Å²) < 4.78 is 49.4. The van der Waals surface area contributed by atoms with E-state index in [2.05, 4.69) is 21.5 Å². The predicted molar refractivity (Wildman–Crippen MR) is 206 cm³/mol. The Bertz CT molecular complexity index is 2140. The molecule has 0 saturated heterocycles. The first-order valence-corrected chi connectivity index (χ1v) is 17.6. The van der Waals surface area contributed by atoms with Crippen molar-refractivity contribution in [1.82, 2.24) is 25.1 Å². The molecular formula is C37H41Cl3F2N8O6S. The quantitative estimate of drug-likeness (QED) is 0.0903. The van der Waals surface area contributed by atoms with Crippen LogP contribution in [0.25, 0.3) is 11.3 Å². The molecule has 5 aromatic rings. The Hall–Kier alpha value is -4.80. The topological polar surface area (TPSA) is 169 Å². The monoisotopic (exact) mass is 868 g/mol. The van der Waals surface area contributed by atoms with Crippen LogP contribution in [0.4, 0.5) is 19.4 Å². The largest absolute Gasteiger partial charge is 1.00 e. The van der Waals surface area contributed by atoms with E-state index < -0.39 is 47.7 Å². The minimum atomic E-state index is -2.02. The Morgan fingerprint density at radius 2 is 1.86 bits per heavy atom. The lowest BCUT2D eigenvalue weighted by Gasteiger charge is -2.32. The highest BCUT2D eigenvalue weighted by Crippen LogP contribution is 2.41. The zero-order chi connectivity index (χ0) is 39.0. The second-order valence-electron chi connectivity index (χ2n) is 12.3. The van der Waals surface area contributed by atoms with Gasteiger partial charge in [-0.25, -0.2) is 28.1 Å². The minimum Gasteiger partial charge on any atom is -1.00 e. The third kappa shape index (κ3) is 11.9. The fourth-order valence-corrected chi connectivity index (χ4v) is 6.53. The number of hydrogen-bond donors (Lipinski definition) is 2. The summed E-state index contributed by atoms with van der Waals surface area (Å²) >= 11 is 1.25. The van der Waals surface area contributed by atoms with Crippen molar-refractivity contribution < 1.29 is 54.7 Å². The summed E-state index contributed by atoms with van der Waals surface area (Å²) in [6.07, 6.45) is 1.84. The van der Waals surface area contributed by atoms with Gasteiger partial charge in [-0.3, -0.25) is 9.69 Å². The van der Waals surface area contributed by atoms with Crippen LogP contribution in [0.15, 0.2) is 78.8 Å². The number of nitriles is 1. The van der Waals surface area contributed by atoms with Crippen molar-refractivity contribution in [3.63, 3.8) is 0 Å². The number of pyridine rings is 1. The maximum absolute atomic E-state index is 15.4. The first-order valence-electron chi connectivity index (χ1n) is 16.7. The van der Waals surface area contributed by atoms with Crippen LogP contribution in [0.2, 0.25) is 0 Å². The molecule has 0 bridgehead atoms. The van der Waals surface area contributed by atoms with Crippen LogP contribution in [-0.2, 0) is 37.8 Å². The van der Waals surface area contributed by atoms with Gasteiger partial charge in [0.2, 0.25) is 12.6 Å². The Morgan fingerprint density at radius 3 is 2.54 bits per heavy atom. The molecule has 4 atom stereocenters. The first-order chi connectivity index (χ1) is 25.8. The molecule has 0 radical (unpaired) electrons. The molecule has 0 spiro atoms. The van der Waals surface area contributed by atoms with Crippen molar-refractivity contribution in [2.75, 3.05) is 25.5 Å². The van der Waals surface area contributed by atoms with Crippen LogP contribution in [0, 0.1) is 23.0 Å². The number of nitrogens with one attached hydrogen (secondary N) is 1. The minimum absolute atomic E-state index is 0. The number of ether oxygens (including phenoxy) is 3. The van der Waals surface area contributed by atoms with Crippen molar-refractivity contribution in [3.8, 4) is 17.3 Å². The molecule has 0 aliphatic heterocycles. The van der Waals surface area contributed by atoms with Crippen LogP contribution >= 0.6 is 36.2 Å². The second kappa shape index (κ2) is 21.6. The van der Waals surface area contributed by atoms with Crippen molar-refractivity contribution in [1.29, 1.82) is 5.26 Å². The lowest BCUT2D eigenvalue weighted by molar-refractivity contribution is -0.763. The maximum atomic E-state index is 15.4. The van der Waals surface area contributed by atoms with Crippen LogP contribution in [-0.4, -0.2) is 63.8 Å². The number of rotatable bonds is 15. The summed E-state index contributed by atoms with van der Waals surface area (Å²) in [6, 6.07) is 15.2. The van der Waals surface area contributed by atoms with Crippen molar-refractivity contribution >= 4 is 54.0 Å². The summed E-state index contributed by atoms with van der Waals surface area (Å²) in [5.41, 5.74) is 0.0395. The summed E-state index contributed by atoms with van der Waals surface area (Å²) in [5, 5.41) is 30.7. The normalized spacial score (nSPS) is 13.2.